The molecule has 0 saturated carbocycles. The molecule has 5 aromatic rings. The Morgan fingerprint density at radius 3 is 2.13 bits per heavy atom. The van der Waals surface area contributed by atoms with E-state index in [1.165, 1.54) is 6.07 Å². The number of allylic oxidation sites excluding steroid dienone is 6. The van der Waals surface area contributed by atoms with E-state index in [1.807, 2.05) is 101 Å². The Morgan fingerprint density at radius 1 is 0.872 bits per heavy atom. The number of carboxylic acids is 1. The maximum absolute atomic E-state index is 11.9. The van der Waals surface area contributed by atoms with Crippen molar-refractivity contribution in [3.05, 3.63) is 114 Å². The topological polar surface area (TPSA) is 185 Å². The minimum Gasteiger partial charge on any atom is -0.480 e. The van der Waals surface area contributed by atoms with Crippen molar-refractivity contribution in [1.29, 1.82) is 0 Å². The molecule has 2 N–H and O–H groups in total. The van der Waals surface area contributed by atoms with Crippen LogP contribution in [0.4, 0.5) is 5.69 Å². The van der Waals surface area contributed by atoms with Gasteiger partial charge in [0, 0.05) is 33.7 Å². The fraction of sp³-hybridized carbons (Fsp3) is 0.0606. The van der Waals surface area contributed by atoms with Gasteiger partial charge in [0.15, 0.2) is 0 Å². The van der Waals surface area contributed by atoms with Crippen LogP contribution >= 0.6 is 0 Å². The first-order chi connectivity index (χ1) is 22.4. The number of carbonyl (C=O) groups is 1. The summed E-state index contributed by atoms with van der Waals surface area (Å²) in [5.74, 6) is -0.897. The van der Waals surface area contributed by atoms with Crippen molar-refractivity contribution in [2.75, 3.05) is 7.05 Å². The molecule has 1 aromatic heterocycles. The number of hydrogen-bond acceptors (Lipinski definition) is 8. The summed E-state index contributed by atoms with van der Waals surface area (Å²) in [6, 6.07) is 20.5. The van der Waals surface area contributed by atoms with E-state index >= 15 is 0 Å². The molecule has 0 amide bonds. The van der Waals surface area contributed by atoms with Crippen LogP contribution in [-0.2, 0) is 41.7 Å². The molecular weight excluding hydrogens is 649 g/mol. The van der Waals surface area contributed by atoms with Crippen LogP contribution in [0.3, 0.4) is 0 Å². The van der Waals surface area contributed by atoms with E-state index in [1.54, 1.807) is 18.2 Å². The van der Waals surface area contributed by atoms with Crippen molar-refractivity contribution in [3.8, 4) is 0 Å². The summed E-state index contributed by atoms with van der Waals surface area (Å²) in [6.07, 6.45) is 13.6. The van der Waals surface area contributed by atoms with E-state index in [0.29, 0.717) is 5.39 Å². The van der Waals surface area contributed by atoms with Gasteiger partial charge in [-0.3, -0.25) is 9.35 Å². The molecule has 4 aromatic carbocycles. The van der Waals surface area contributed by atoms with Gasteiger partial charge in [0.25, 0.3) is 10.1 Å². The lowest BCUT2D eigenvalue weighted by Crippen LogP contribution is -2.20. The maximum Gasteiger partial charge on any atom is 0.425 e. The molecule has 0 radical (unpaired) electrons. The van der Waals surface area contributed by atoms with Gasteiger partial charge in [0.05, 0.1) is 16.5 Å². The van der Waals surface area contributed by atoms with Gasteiger partial charge in [-0.2, -0.15) is 22.6 Å². The fourth-order valence-corrected chi connectivity index (χ4v) is 6.29. The predicted octanol–water partition coefficient (Wildman–Crippen LogP) is 3.64. The Bertz CT molecular complexity index is 2470. The molecular formula is C33H25N2O10S2+. The molecule has 14 heteroatoms. The van der Waals surface area contributed by atoms with Crippen LogP contribution in [0.25, 0.3) is 38.5 Å². The van der Waals surface area contributed by atoms with Crippen LogP contribution in [0.2, 0.25) is 0 Å². The second kappa shape index (κ2) is 14.5. The zero-order chi connectivity index (χ0) is 34.3. The van der Waals surface area contributed by atoms with Crippen LogP contribution in [0, 0.1) is 0 Å². The van der Waals surface area contributed by atoms with Gasteiger partial charge in [0.2, 0.25) is 11.4 Å². The van der Waals surface area contributed by atoms with E-state index in [2.05, 4.69) is 0 Å². The number of nitrogens with zero attached hydrogens (tertiary/aromatic N) is 2. The molecule has 0 fully saturated rings. The summed E-state index contributed by atoms with van der Waals surface area (Å²) in [5.41, 5.74) is 3.56. The highest BCUT2D eigenvalue weighted by Crippen LogP contribution is 2.38. The highest BCUT2D eigenvalue weighted by molar-refractivity contribution is 7.86. The van der Waals surface area contributed by atoms with Crippen molar-refractivity contribution >= 4 is 82.8 Å². The summed E-state index contributed by atoms with van der Waals surface area (Å²) < 4.78 is 62.6. The quantitative estimate of drug-likeness (QED) is 0.147. The second-order valence-corrected chi connectivity index (χ2v) is 11.7. The minimum atomic E-state index is -4.34. The van der Waals surface area contributed by atoms with E-state index in [0.717, 1.165) is 49.4 Å². The first-order valence-electron chi connectivity index (χ1n) is 13.5. The SMILES string of the molecule is C[N+]1=C(/C=C/C=C/C=C/C=c2/c3cccc4cccc(c43)n2CC(=O)O)c2cccc3c(S(=O)(=O)O)ccc1c23.O=C=O.O=S(=O)=O. The first-order valence-corrected chi connectivity index (χ1v) is 16.0. The third-order valence-corrected chi connectivity index (χ3v) is 8.15. The largest absolute Gasteiger partial charge is 0.480 e. The van der Waals surface area contributed by atoms with Gasteiger partial charge in [-0.1, -0.05) is 72.8 Å². The van der Waals surface area contributed by atoms with E-state index in [9.17, 15) is 22.9 Å². The second-order valence-electron chi connectivity index (χ2n) is 9.86. The average Bonchev–Trinajstić information content (AvgIpc) is 3.45. The maximum atomic E-state index is 11.9. The van der Waals surface area contributed by atoms with Crippen LogP contribution in [0.5, 0.6) is 0 Å². The molecule has 0 saturated heterocycles. The van der Waals surface area contributed by atoms with Gasteiger partial charge in [-0.05, 0) is 29.7 Å². The molecule has 47 heavy (non-hydrogen) atoms. The lowest BCUT2D eigenvalue weighted by molar-refractivity contribution is -0.399. The zero-order valence-electron chi connectivity index (χ0n) is 24.5. The van der Waals surface area contributed by atoms with Crippen LogP contribution in [0.1, 0.15) is 5.56 Å². The number of rotatable bonds is 7. The number of aliphatic carboxylic acids is 1. The summed E-state index contributed by atoms with van der Waals surface area (Å²) in [4.78, 5) is 27.7. The van der Waals surface area contributed by atoms with Crippen molar-refractivity contribution in [3.63, 3.8) is 0 Å². The summed E-state index contributed by atoms with van der Waals surface area (Å²) in [7, 11) is -5.54. The van der Waals surface area contributed by atoms with E-state index < -0.39 is 26.7 Å². The Hall–Kier alpha value is -5.79. The molecule has 0 atom stereocenters. The Labute approximate surface area is 269 Å². The Morgan fingerprint density at radius 2 is 1.47 bits per heavy atom. The van der Waals surface area contributed by atoms with E-state index in [4.69, 9.17) is 22.2 Å². The van der Waals surface area contributed by atoms with Crippen LogP contribution in [0.15, 0.2) is 108 Å². The van der Waals surface area contributed by atoms with Gasteiger partial charge in [0.1, 0.15) is 18.5 Å². The summed E-state index contributed by atoms with van der Waals surface area (Å²) in [6.45, 7) is -0.126. The Kier molecular flexibility index (Phi) is 10.5. The lowest BCUT2D eigenvalue weighted by atomic mass is 10.0. The van der Waals surface area contributed by atoms with Crippen LogP contribution in [-0.4, -0.2) is 64.7 Å². The zero-order valence-corrected chi connectivity index (χ0v) is 26.1. The molecule has 6 rings (SSSR count). The molecule has 0 aliphatic carbocycles. The number of aromatic nitrogens is 1. The summed E-state index contributed by atoms with van der Waals surface area (Å²) in [5, 5.41) is 14.8. The highest BCUT2D eigenvalue weighted by atomic mass is 32.2. The molecule has 0 bridgehead atoms. The standard InChI is InChI=1S/C32H24N2O5S.CO2.O3S/c1-33-25(22-13-9-14-24-29(40(37,38)39)19-18-27(33)32(22)24)15-5-3-2-4-6-16-26-23-12-7-10-21-11-8-17-28(31(21)23)34(26)20-30(35)36;2-1-3;1-4(2)3/h2-19H,20H2,1H3,(H-,35,36,37,38,39);;/p+1. The minimum absolute atomic E-state index is 0.102. The average molecular weight is 674 g/mol. The third-order valence-electron chi connectivity index (χ3n) is 7.24. The van der Waals surface area contributed by atoms with Crippen molar-refractivity contribution in [1.82, 2.24) is 4.57 Å². The van der Waals surface area contributed by atoms with Crippen molar-refractivity contribution in [2.45, 2.75) is 11.4 Å². The van der Waals surface area contributed by atoms with Crippen molar-refractivity contribution in [2.24, 2.45) is 0 Å². The molecule has 2 heterocycles. The highest BCUT2D eigenvalue weighted by Gasteiger charge is 2.30. The predicted molar refractivity (Wildman–Crippen MR) is 173 cm³/mol. The molecule has 1 aliphatic heterocycles. The molecule has 1 aliphatic rings. The summed E-state index contributed by atoms with van der Waals surface area (Å²) >= 11 is 0. The molecule has 0 spiro atoms. The first kappa shape index (κ1) is 34.1. The lowest BCUT2D eigenvalue weighted by Gasteiger charge is -2.03. The molecule has 0 unspecified atom stereocenters. The fourth-order valence-electron chi connectivity index (χ4n) is 5.60. The normalized spacial score (nSPS) is 13.0. The van der Waals surface area contributed by atoms with Gasteiger partial charge < -0.3 is 9.67 Å². The monoisotopic (exact) mass is 673 g/mol. The van der Waals surface area contributed by atoms with Crippen LogP contribution < -0.4 is 5.35 Å². The Balaban J connectivity index is 0.000000654. The number of carbonyl (C=O) groups excluding carboxylic acids is 2. The smallest absolute Gasteiger partial charge is 0.425 e. The number of benzene rings is 4. The van der Waals surface area contributed by atoms with Gasteiger partial charge in [-0.25, -0.2) is 0 Å². The molecule has 12 nitrogen and oxygen atoms in total. The molecule has 238 valence electrons. The number of hydrogen-bond donors (Lipinski definition) is 2. The van der Waals surface area contributed by atoms with Gasteiger partial charge in [-0.15, -0.1) is 12.6 Å². The number of carboxylic acid groups (broad SMARTS) is 1. The van der Waals surface area contributed by atoms with Crippen molar-refractivity contribution < 1.29 is 49.7 Å². The van der Waals surface area contributed by atoms with E-state index in [-0.39, 0.29) is 17.6 Å². The van der Waals surface area contributed by atoms with Gasteiger partial charge >= 0.3 is 22.7 Å². The third kappa shape index (κ3) is 7.38.